The van der Waals surface area contributed by atoms with Gasteiger partial charge in [0.1, 0.15) is 12.3 Å². The molecule has 3 aromatic rings. The molecule has 0 saturated heterocycles. The van der Waals surface area contributed by atoms with Crippen molar-refractivity contribution in [3.8, 4) is 5.75 Å². The number of para-hydroxylation sites is 3. The quantitative estimate of drug-likeness (QED) is 0.565. The van der Waals surface area contributed by atoms with Crippen molar-refractivity contribution in [1.82, 2.24) is 0 Å². The zero-order valence-corrected chi connectivity index (χ0v) is 19.2. The highest BCUT2D eigenvalue weighted by molar-refractivity contribution is 7.92. The van der Waals surface area contributed by atoms with Crippen LogP contribution >= 0.6 is 0 Å². The first-order chi connectivity index (χ1) is 15.3. The lowest BCUT2D eigenvalue weighted by Crippen LogP contribution is -2.45. The van der Waals surface area contributed by atoms with Crippen molar-refractivity contribution in [2.75, 3.05) is 22.9 Å². The van der Waals surface area contributed by atoms with E-state index in [-0.39, 0.29) is 23.4 Å². The summed E-state index contributed by atoms with van der Waals surface area (Å²) in [5.41, 5.74) is 3.19. The summed E-state index contributed by atoms with van der Waals surface area (Å²) in [6.07, 6.45) is 0.737. The molecule has 3 aromatic carbocycles. The number of hydrogen-bond acceptors (Lipinski definition) is 4. The van der Waals surface area contributed by atoms with E-state index in [2.05, 4.69) is 0 Å². The second kappa shape index (κ2) is 8.67. The van der Waals surface area contributed by atoms with Crippen molar-refractivity contribution in [3.63, 3.8) is 0 Å². The van der Waals surface area contributed by atoms with Crippen molar-refractivity contribution in [2.24, 2.45) is 0 Å². The fraction of sp³-hybridized carbons (Fsp3) is 0.240. The van der Waals surface area contributed by atoms with Crippen LogP contribution in [0.4, 0.5) is 11.4 Å². The number of benzene rings is 3. The summed E-state index contributed by atoms with van der Waals surface area (Å²) >= 11 is 0. The molecule has 0 aromatic heterocycles. The van der Waals surface area contributed by atoms with Crippen LogP contribution in [0.5, 0.6) is 5.75 Å². The van der Waals surface area contributed by atoms with Gasteiger partial charge in [0.05, 0.1) is 17.7 Å². The van der Waals surface area contributed by atoms with E-state index in [1.54, 1.807) is 53.4 Å². The normalized spacial score (nSPS) is 15.3. The summed E-state index contributed by atoms with van der Waals surface area (Å²) in [6, 6.07) is 21.1. The molecule has 0 aliphatic carbocycles. The Kier molecular flexibility index (Phi) is 5.93. The molecule has 1 aliphatic rings. The maximum atomic E-state index is 13.7. The Morgan fingerprint density at radius 3 is 2.41 bits per heavy atom. The second-order valence-electron chi connectivity index (χ2n) is 7.94. The molecule has 0 radical (unpaired) electrons. The van der Waals surface area contributed by atoms with E-state index in [9.17, 15) is 13.2 Å². The number of hydrogen-bond donors (Lipinski definition) is 0. The minimum absolute atomic E-state index is 0.0542. The van der Waals surface area contributed by atoms with Gasteiger partial charge in [-0.2, -0.15) is 0 Å². The number of rotatable bonds is 6. The van der Waals surface area contributed by atoms with E-state index in [1.807, 2.05) is 38.1 Å². The number of methoxy groups -OCH3 is 1. The van der Waals surface area contributed by atoms with Crippen molar-refractivity contribution in [2.45, 2.75) is 31.2 Å². The van der Waals surface area contributed by atoms with E-state index >= 15 is 0 Å². The maximum Gasteiger partial charge on any atom is 0.264 e. The van der Waals surface area contributed by atoms with Crippen molar-refractivity contribution >= 4 is 27.3 Å². The largest absolute Gasteiger partial charge is 0.495 e. The van der Waals surface area contributed by atoms with Gasteiger partial charge < -0.3 is 9.64 Å². The van der Waals surface area contributed by atoms with E-state index in [1.165, 1.54) is 7.11 Å². The predicted octanol–water partition coefficient (Wildman–Crippen LogP) is 4.18. The van der Waals surface area contributed by atoms with Crippen molar-refractivity contribution < 1.29 is 17.9 Å². The first-order valence-electron chi connectivity index (χ1n) is 10.5. The Hall–Kier alpha value is -3.32. The minimum Gasteiger partial charge on any atom is -0.495 e. The lowest BCUT2D eigenvalue weighted by molar-refractivity contribution is -0.117. The van der Waals surface area contributed by atoms with Crippen molar-refractivity contribution in [3.05, 3.63) is 83.9 Å². The zero-order valence-electron chi connectivity index (χ0n) is 18.4. The van der Waals surface area contributed by atoms with Gasteiger partial charge >= 0.3 is 0 Å². The zero-order chi connectivity index (χ0) is 22.9. The molecule has 6 nitrogen and oxygen atoms in total. The van der Waals surface area contributed by atoms with Crippen LogP contribution in [0.2, 0.25) is 0 Å². The molecule has 0 spiro atoms. The Balaban J connectivity index is 1.77. The molecular formula is C25H26N2O4S. The first kappa shape index (κ1) is 21.9. The van der Waals surface area contributed by atoms with Gasteiger partial charge in [-0.05, 0) is 56.2 Å². The van der Waals surface area contributed by atoms with Gasteiger partial charge in [0.15, 0.2) is 0 Å². The van der Waals surface area contributed by atoms with Gasteiger partial charge in [0.2, 0.25) is 5.91 Å². The molecule has 1 heterocycles. The minimum atomic E-state index is -4.02. The van der Waals surface area contributed by atoms with Gasteiger partial charge in [-0.15, -0.1) is 0 Å². The Labute approximate surface area is 189 Å². The molecule has 4 rings (SSSR count). The van der Waals surface area contributed by atoms with Crippen LogP contribution in [-0.2, 0) is 21.2 Å². The van der Waals surface area contributed by atoms with Crippen LogP contribution in [0, 0.1) is 6.92 Å². The van der Waals surface area contributed by atoms with Crippen LogP contribution in [0.25, 0.3) is 0 Å². The van der Waals surface area contributed by atoms with Crippen molar-refractivity contribution in [1.29, 1.82) is 0 Å². The number of sulfonamides is 1. The smallest absolute Gasteiger partial charge is 0.264 e. The third-order valence-electron chi connectivity index (χ3n) is 5.72. The maximum absolute atomic E-state index is 13.7. The van der Waals surface area contributed by atoms with E-state index in [0.29, 0.717) is 11.4 Å². The highest BCUT2D eigenvalue weighted by atomic mass is 32.2. The number of fused-ring (bicyclic) bond motifs is 1. The number of nitrogens with zero attached hydrogens (tertiary/aromatic N) is 2. The van der Waals surface area contributed by atoms with E-state index in [0.717, 1.165) is 27.5 Å². The molecule has 1 amide bonds. The summed E-state index contributed by atoms with van der Waals surface area (Å²) in [5.74, 6) is 0.0925. The Morgan fingerprint density at radius 2 is 1.69 bits per heavy atom. The number of ether oxygens (including phenoxy) is 1. The molecule has 1 atom stereocenters. The number of anilines is 2. The topological polar surface area (TPSA) is 66.9 Å². The number of aryl methyl sites for hydroxylation is 1. The van der Waals surface area contributed by atoms with Gasteiger partial charge in [-0.25, -0.2) is 8.42 Å². The van der Waals surface area contributed by atoms with Crippen LogP contribution < -0.4 is 13.9 Å². The molecule has 0 saturated carbocycles. The molecular weight excluding hydrogens is 424 g/mol. The molecule has 0 unspecified atom stereocenters. The van der Waals surface area contributed by atoms with Gasteiger partial charge in [0.25, 0.3) is 10.0 Å². The number of carbonyl (C=O) groups is 1. The fourth-order valence-corrected chi connectivity index (χ4v) is 5.54. The van der Waals surface area contributed by atoms with E-state index in [4.69, 9.17) is 4.74 Å². The molecule has 32 heavy (non-hydrogen) atoms. The molecule has 7 heteroatoms. The number of carbonyl (C=O) groups excluding carboxylic acids is 1. The SMILES string of the molecule is COc1ccccc1N(CC(=O)N1c2ccccc2C[C@H]1C)S(=O)(=O)c1ccc(C)cc1. The summed E-state index contributed by atoms with van der Waals surface area (Å²) in [5, 5.41) is 0. The molecule has 0 N–H and O–H groups in total. The first-order valence-corrected chi connectivity index (χ1v) is 11.9. The molecule has 0 bridgehead atoms. The highest BCUT2D eigenvalue weighted by Crippen LogP contribution is 2.35. The summed E-state index contributed by atoms with van der Waals surface area (Å²) in [6.45, 7) is 3.53. The van der Waals surface area contributed by atoms with Crippen LogP contribution in [0.3, 0.4) is 0 Å². The lowest BCUT2D eigenvalue weighted by Gasteiger charge is -2.29. The Morgan fingerprint density at radius 1 is 1.03 bits per heavy atom. The monoisotopic (exact) mass is 450 g/mol. The average molecular weight is 451 g/mol. The summed E-state index contributed by atoms with van der Waals surface area (Å²) < 4.78 is 34.0. The third-order valence-corrected chi connectivity index (χ3v) is 7.49. The number of amides is 1. The van der Waals surface area contributed by atoms with Gasteiger partial charge in [0, 0.05) is 11.7 Å². The average Bonchev–Trinajstić information content (AvgIpc) is 3.13. The fourth-order valence-electron chi connectivity index (χ4n) is 4.12. The van der Waals surface area contributed by atoms with Crippen LogP contribution in [0.15, 0.2) is 77.7 Å². The third kappa shape index (κ3) is 3.96. The highest BCUT2D eigenvalue weighted by Gasteiger charge is 2.35. The van der Waals surface area contributed by atoms with Gasteiger partial charge in [-0.1, -0.05) is 48.0 Å². The lowest BCUT2D eigenvalue weighted by atomic mass is 10.1. The second-order valence-corrected chi connectivity index (χ2v) is 9.80. The molecule has 166 valence electrons. The standard InChI is InChI=1S/C25H26N2O4S/c1-18-12-14-21(15-13-18)32(29,30)26(23-10-6-7-11-24(23)31-3)17-25(28)27-19(2)16-20-8-4-5-9-22(20)27/h4-15,19H,16-17H2,1-3H3/t19-/m1/s1. The van der Waals surface area contributed by atoms with Crippen LogP contribution in [-0.4, -0.2) is 34.0 Å². The summed E-state index contributed by atoms with van der Waals surface area (Å²) in [7, 11) is -2.53. The summed E-state index contributed by atoms with van der Waals surface area (Å²) in [4.78, 5) is 15.3. The van der Waals surface area contributed by atoms with Crippen LogP contribution in [0.1, 0.15) is 18.1 Å². The Bertz CT molecular complexity index is 1240. The predicted molar refractivity (Wildman–Crippen MR) is 126 cm³/mol. The van der Waals surface area contributed by atoms with E-state index < -0.39 is 10.0 Å². The molecule has 0 fully saturated rings. The van der Waals surface area contributed by atoms with Gasteiger partial charge in [-0.3, -0.25) is 9.10 Å². The molecule has 1 aliphatic heterocycles.